The van der Waals surface area contributed by atoms with Crippen LogP contribution in [0.3, 0.4) is 0 Å². The number of aliphatic hydroxyl groups excluding tert-OH is 1. The average Bonchev–Trinajstić information content (AvgIpc) is 2.29. The van der Waals surface area contributed by atoms with Gasteiger partial charge in [-0.25, -0.2) is 0 Å². The van der Waals surface area contributed by atoms with Gasteiger partial charge in [0.1, 0.15) is 0 Å². The molecule has 0 aliphatic carbocycles. The molecule has 0 aromatic heterocycles. The van der Waals surface area contributed by atoms with Crippen molar-refractivity contribution in [1.29, 1.82) is 0 Å². The van der Waals surface area contributed by atoms with E-state index in [1.807, 2.05) is 4.90 Å². The molecular weight excluding hydrogens is 220 g/mol. The Labute approximate surface area is 102 Å². The van der Waals surface area contributed by atoms with Gasteiger partial charge in [0.25, 0.3) is 0 Å². The number of nitrogens with zero attached hydrogens (tertiary/aromatic N) is 2. The second kappa shape index (κ2) is 5.80. The van der Waals surface area contributed by atoms with Crippen LogP contribution in [0, 0.1) is 0 Å². The Hall–Kier alpha value is -0.650. The maximum absolute atomic E-state index is 10.6. The number of rotatable bonds is 3. The number of likely N-dealkylation sites (tertiary alicyclic amines) is 2. The summed E-state index contributed by atoms with van der Waals surface area (Å²) in [5.74, 6) is -0.739. The summed E-state index contributed by atoms with van der Waals surface area (Å²) >= 11 is 0. The van der Waals surface area contributed by atoms with E-state index in [9.17, 15) is 9.90 Å². The Balaban J connectivity index is 1.76. The lowest BCUT2D eigenvalue weighted by molar-refractivity contribution is -0.138. The molecule has 0 aromatic carbocycles. The Morgan fingerprint density at radius 2 is 1.88 bits per heavy atom. The zero-order valence-electron chi connectivity index (χ0n) is 10.2. The first-order valence-corrected chi connectivity index (χ1v) is 6.51. The molecule has 1 atom stereocenters. The molecule has 2 saturated heterocycles. The number of carboxylic acids is 1. The number of carbonyl (C=O) groups is 1. The first-order chi connectivity index (χ1) is 8.15. The molecule has 2 N–H and O–H groups in total. The molecule has 5 nitrogen and oxygen atoms in total. The molecule has 0 aromatic rings. The Morgan fingerprint density at radius 1 is 1.18 bits per heavy atom. The second-order valence-electron chi connectivity index (χ2n) is 5.19. The minimum atomic E-state index is -0.739. The molecule has 0 saturated carbocycles. The normalized spacial score (nSPS) is 29.4. The number of piperidine rings is 2. The van der Waals surface area contributed by atoms with E-state index in [2.05, 4.69) is 4.90 Å². The molecule has 2 aliphatic heterocycles. The fourth-order valence-electron chi connectivity index (χ4n) is 2.95. The summed E-state index contributed by atoms with van der Waals surface area (Å²) in [4.78, 5) is 15.0. The van der Waals surface area contributed by atoms with Crippen LogP contribution in [0.15, 0.2) is 0 Å². The molecule has 2 aliphatic rings. The molecule has 0 radical (unpaired) electrons. The largest absolute Gasteiger partial charge is 0.480 e. The van der Waals surface area contributed by atoms with Gasteiger partial charge < -0.3 is 10.2 Å². The van der Waals surface area contributed by atoms with Crippen LogP contribution >= 0.6 is 0 Å². The van der Waals surface area contributed by atoms with Crippen molar-refractivity contribution in [2.24, 2.45) is 0 Å². The minimum absolute atomic E-state index is 0.162. The Kier molecular flexibility index (Phi) is 4.36. The van der Waals surface area contributed by atoms with Gasteiger partial charge in [0.15, 0.2) is 0 Å². The van der Waals surface area contributed by atoms with Gasteiger partial charge in [-0.3, -0.25) is 14.6 Å². The predicted molar refractivity (Wildman–Crippen MR) is 63.9 cm³/mol. The van der Waals surface area contributed by atoms with Crippen molar-refractivity contribution in [2.45, 2.75) is 37.8 Å². The molecule has 2 heterocycles. The average molecular weight is 242 g/mol. The van der Waals surface area contributed by atoms with Gasteiger partial charge in [0, 0.05) is 25.7 Å². The summed E-state index contributed by atoms with van der Waals surface area (Å²) in [5.41, 5.74) is 0. The zero-order valence-corrected chi connectivity index (χ0v) is 10.2. The quantitative estimate of drug-likeness (QED) is 0.729. The van der Waals surface area contributed by atoms with Gasteiger partial charge in [-0.2, -0.15) is 0 Å². The van der Waals surface area contributed by atoms with Gasteiger partial charge >= 0.3 is 5.97 Å². The maximum atomic E-state index is 10.6. The topological polar surface area (TPSA) is 64.0 Å². The summed E-state index contributed by atoms with van der Waals surface area (Å²) < 4.78 is 0. The van der Waals surface area contributed by atoms with Crippen molar-refractivity contribution in [2.75, 3.05) is 32.7 Å². The number of carboxylic acid groups (broad SMARTS) is 1. The highest BCUT2D eigenvalue weighted by Gasteiger charge is 2.28. The monoisotopic (exact) mass is 242 g/mol. The highest BCUT2D eigenvalue weighted by atomic mass is 16.4. The summed E-state index contributed by atoms with van der Waals surface area (Å²) in [7, 11) is 0. The second-order valence-corrected chi connectivity index (χ2v) is 5.19. The van der Waals surface area contributed by atoms with Gasteiger partial charge in [-0.05, 0) is 32.2 Å². The number of β-amino-alcohol motifs (C(OH)–C–C–N with tert-alkyl or cyclic N) is 1. The van der Waals surface area contributed by atoms with Crippen molar-refractivity contribution >= 4 is 5.97 Å². The molecule has 17 heavy (non-hydrogen) atoms. The SMILES string of the molecule is O=C(O)CN1CCC(N2CCCC(O)C2)CC1. The van der Waals surface area contributed by atoms with Crippen LogP contribution in [0.2, 0.25) is 0 Å². The van der Waals surface area contributed by atoms with Crippen molar-refractivity contribution in [3.63, 3.8) is 0 Å². The van der Waals surface area contributed by atoms with E-state index in [0.717, 1.165) is 51.9 Å². The molecule has 5 heteroatoms. The molecule has 0 bridgehead atoms. The van der Waals surface area contributed by atoms with E-state index >= 15 is 0 Å². The van der Waals surface area contributed by atoms with E-state index in [1.165, 1.54) is 0 Å². The van der Waals surface area contributed by atoms with Crippen molar-refractivity contribution < 1.29 is 15.0 Å². The number of aliphatic hydroxyl groups is 1. The van der Waals surface area contributed by atoms with Crippen LogP contribution < -0.4 is 0 Å². The fourth-order valence-corrected chi connectivity index (χ4v) is 2.95. The smallest absolute Gasteiger partial charge is 0.317 e. The van der Waals surface area contributed by atoms with Crippen LogP contribution in [0.25, 0.3) is 0 Å². The number of hydrogen-bond acceptors (Lipinski definition) is 4. The zero-order chi connectivity index (χ0) is 12.3. The van der Waals surface area contributed by atoms with Gasteiger partial charge in [0.05, 0.1) is 12.6 Å². The van der Waals surface area contributed by atoms with Crippen LogP contribution in [0.4, 0.5) is 0 Å². The van der Waals surface area contributed by atoms with Crippen LogP contribution in [0.5, 0.6) is 0 Å². The summed E-state index contributed by atoms with van der Waals surface area (Å²) in [6.07, 6.45) is 3.89. The molecule has 0 spiro atoms. The van der Waals surface area contributed by atoms with E-state index in [-0.39, 0.29) is 12.6 Å². The first kappa shape index (κ1) is 12.8. The van der Waals surface area contributed by atoms with Crippen molar-refractivity contribution in [3.05, 3.63) is 0 Å². The lowest BCUT2D eigenvalue weighted by Crippen LogP contribution is -2.50. The van der Waals surface area contributed by atoms with Gasteiger partial charge in [-0.1, -0.05) is 0 Å². The molecule has 0 amide bonds. The van der Waals surface area contributed by atoms with Gasteiger partial charge in [-0.15, -0.1) is 0 Å². The van der Waals surface area contributed by atoms with Crippen molar-refractivity contribution in [1.82, 2.24) is 9.80 Å². The lowest BCUT2D eigenvalue weighted by atomic mass is 9.99. The minimum Gasteiger partial charge on any atom is -0.480 e. The van der Waals surface area contributed by atoms with Gasteiger partial charge in [0.2, 0.25) is 0 Å². The third-order valence-corrected chi connectivity index (χ3v) is 3.86. The molecular formula is C12H22N2O3. The standard InChI is InChI=1S/C12H22N2O3/c15-11-2-1-5-14(8-11)10-3-6-13(7-4-10)9-12(16)17/h10-11,15H,1-9H2,(H,16,17). The molecule has 98 valence electrons. The summed E-state index contributed by atoms with van der Waals surface area (Å²) in [5, 5.41) is 18.4. The highest BCUT2D eigenvalue weighted by Crippen LogP contribution is 2.20. The first-order valence-electron chi connectivity index (χ1n) is 6.51. The predicted octanol–water partition coefficient (Wildman–Crippen LogP) is -0.00790. The lowest BCUT2D eigenvalue weighted by Gasteiger charge is -2.41. The van der Waals surface area contributed by atoms with E-state index < -0.39 is 5.97 Å². The number of aliphatic carboxylic acids is 1. The third kappa shape index (κ3) is 3.66. The number of hydrogen-bond donors (Lipinski definition) is 2. The van der Waals surface area contributed by atoms with Crippen LogP contribution in [-0.4, -0.2) is 70.9 Å². The van der Waals surface area contributed by atoms with E-state index in [1.54, 1.807) is 0 Å². The highest BCUT2D eigenvalue weighted by molar-refractivity contribution is 5.69. The molecule has 2 rings (SSSR count). The van der Waals surface area contributed by atoms with Crippen molar-refractivity contribution in [3.8, 4) is 0 Å². The molecule has 1 unspecified atom stereocenters. The summed E-state index contributed by atoms with van der Waals surface area (Å²) in [6.45, 7) is 3.77. The maximum Gasteiger partial charge on any atom is 0.317 e. The Bertz CT molecular complexity index is 264. The van der Waals surface area contributed by atoms with Crippen LogP contribution in [0.1, 0.15) is 25.7 Å². The Morgan fingerprint density at radius 3 is 2.47 bits per heavy atom. The molecule has 2 fully saturated rings. The van der Waals surface area contributed by atoms with E-state index in [0.29, 0.717) is 6.04 Å². The summed E-state index contributed by atoms with van der Waals surface area (Å²) in [6, 6.07) is 0.537. The van der Waals surface area contributed by atoms with E-state index in [4.69, 9.17) is 5.11 Å². The van der Waals surface area contributed by atoms with Crippen LogP contribution in [-0.2, 0) is 4.79 Å². The fraction of sp³-hybridized carbons (Fsp3) is 0.917. The third-order valence-electron chi connectivity index (χ3n) is 3.86.